The van der Waals surface area contributed by atoms with Gasteiger partial charge in [-0.15, -0.1) is 6.42 Å². The van der Waals surface area contributed by atoms with E-state index in [-0.39, 0.29) is 5.91 Å². The number of hydrogen-bond donors (Lipinski definition) is 0. The molecule has 0 saturated heterocycles. The molecule has 0 unspecified atom stereocenters. The standard InChI is InChI=1S/C12H13BrN2O/c1-3-8-15(9-4-2)12(16)11-10(13)6-5-7-14-11/h1,5-7H,4,8-9H2,2H3. The SMILES string of the molecule is C#CCN(CCC)C(=O)c1ncccc1Br. The number of terminal acetylenes is 1. The number of rotatable bonds is 4. The summed E-state index contributed by atoms with van der Waals surface area (Å²) in [6.07, 6.45) is 7.71. The Morgan fingerprint density at radius 3 is 3.00 bits per heavy atom. The average molecular weight is 281 g/mol. The quantitative estimate of drug-likeness (QED) is 0.794. The summed E-state index contributed by atoms with van der Waals surface area (Å²) < 4.78 is 0.693. The molecule has 0 aliphatic heterocycles. The lowest BCUT2D eigenvalue weighted by Gasteiger charge is -2.19. The number of amides is 1. The molecule has 0 aliphatic carbocycles. The molecule has 0 saturated carbocycles. The Bertz CT molecular complexity index is 412. The topological polar surface area (TPSA) is 33.2 Å². The zero-order valence-corrected chi connectivity index (χ0v) is 10.7. The molecule has 1 rings (SSSR count). The monoisotopic (exact) mass is 280 g/mol. The molecule has 16 heavy (non-hydrogen) atoms. The maximum atomic E-state index is 12.1. The van der Waals surface area contributed by atoms with E-state index in [4.69, 9.17) is 6.42 Å². The second kappa shape index (κ2) is 6.29. The van der Waals surface area contributed by atoms with E-state index in [1.165, 1.54) is 0 Å². The lowest BCUT2D eigenvalue weighted by molar-refractivity contribution is 0.0770. The van der Waals surface area contributed by atoms with Crippen LogP contribution in [0.15, 0.2) is 22.8 Å². The normalized spacial score (nSPS) is 9.56. The van der Waals surface area contributed by atoms with E-state index in [9.17, 15) is 4.79 Å². The Kier molecular flexibility index (Phi) is 5.00. The molecule has 84 valence electrons. The largest absolute Gasteiger partial charge is 0.326 e. The summed E-state index contributed by atoms with van der Waals surface area (Å²) in [4.78, 5) is 17.8. The third kappa shape index (κ3) is 3.07. The van der Waals surface area contributed by atoms with E-state index < -0.39 is 0 Å². The van der Waals surface area contributed by atoms with Gasteiger partial charge in [-0.3, -0.25) is 4.79 Å². The Hall–Kier alpha value is -1.34. The molecule has 0 aliphatic rings. The second-order valence-electron chi connectivity index (χ2n) is 3.26. The van der Waals surface area contributed by atoms with Crippen LogP contribution in [0.25, 0.3) is 0 Å². The van der Waals surface area contributed by atoms with Crippen LogP contribution in [0.3, 0.4) is 0 Å². The van der Waals surface area contributed by atoms with E-state index in [2.05, 4.69) is 26.8 Å². The predicted molar refractivity (Wildman–Crippen MR) is 67.0 cm³/mol. The third-order valence-electron chi connectivity index (χ3n) is 2.02. The van der Waals surface area contributed by atoms with Gasteiger partial charge in [-0.1, -0.05) is 12.8 Å². The lowest BCUT2D eigenvalue weighted by atomic mass is 10.3. The molecule has 3 nitrogen and oxygen atoms in total. The Morgan fingerprint density at radius 2 is 2.44 bits per heavy atom. The number of hydrogen-bond acceptors (Lipinski definition) is 2. The van der Waals surface area contributed by atoms with Crippen LogP contribution in [0.1, 0.15) is 23.8 Å². The fourth-order valence-electron chi connectivity index (χ4n) is 1.33. The van der Waals surface area contributed by atoms with Crippen LogP contribution in [-0.4, -0.2) is 28.9 Å². The van der Waals surface area contributed by atoms with Crippen molar-refractivity contribution in [1.29, 1.82) is 0 Å². The van der Waals surface area contributed by atoms with Crippen LogP contribution in [0.5, 0.6) is 0 Å². The van der Waals surface area contributed by atoms with Crippen molar-refractivity contribution >= 4 is 21.8 Å². The van der Waals surface area contributed by atoms with Crippen molar-refractivity contribution in [2.75, 3.05) is 13.1 Å². The lowest BCUT2D eigenvalue weighted by Crippen LogP contribution is -2.32. The first-order chi connectivity index (χ1) is 7.70. The van der Waals surface area contributed by atoms with Gasteiger partial charge in [0, 0.05) is 17.2 Å². The molecule has 0 spiro atoms. The smallest absolute Gasteiger partial charge is 0.274 e. The highest BCUT2D eigenvalue weighted by Crippen LogP contribution is 2.15. The van der Waals surface area contributed by atoms with Crippen molar-refractivity contribution in [3.8, 4) is 12.3 Å². The summed E-state index contributed by atoms with van der Waals surface area (Å²) in [6.45, 7) is 2.96. The van der Waals surface area contributed by atoms with Gasteiger partial charge in [-0.05, 0) is 34.5 Å². The number of pyridine rings is 1. The third-order valence-corrected chi connectivity index (χ3v) is 2.66. The fraction of sp³-hybridized carbons (Fsp3) is 0.333. The van der Waals surface area contributed by atoms with Crippen molar-refractivity contribution in [2.45, 2.75) is 13.3 Å². The summed E-state index contributed by atoms with van der Waals surface area (Å²) in [5.41, 5.74) is 0.409. The molecule has 1 amide bonds. The van der Waals surface area contributed by atoms with Gasteiger partial charge >= 0.3 is 0 Å². The van der Waals surface area contributed by atoms with E-state index in [1.807, 2.05) is 6.92 Å². The molecular weight excluding hydrogens is 268 g/mol. The number of nitrogens with zero attached hydrogens (tertiary/aromatic N) is 2. The number of carbonyl (C=O) groups is 1. The molecule has 0 aromatic carbocycles. The first kappa shape index (κ1) is 12.7. The van der Waals surface area contributed by atoms with Crippen LogP contribution in [-0.2, 0) is 0 Å². The molecular formula is C12H13BrN2O. The van der Waals surface area contributed by atoms with Crippen LogP contribution < -0.4 is 0 Å². The van der Waals surface area contributed by atoms with Gasteiger partial charge < -0.3 is 4.90 Å². The first-order valence-corrected chi connectivity index (χ1v) is 5.83. The van der Waals surface area contributed by atoms with Crippen LogP contribution in [0.4, 0.5) is 0 Å². The molecule has 1 heterocycles. The van der Waals surface area contributed by atoms with E-state index in [0.29, 0.717) is 23.3 Å². The van der Waals surface area contributed by atoms with Crippen LogP contribution >= 0.6 is 15.9 Å². The molecule has 0 atom stereocenters. The summed E-state index contributed by atoms with van der Waals surface area (Å²) in [7, 11) is 0. The summed E-state index contributed by atoms with van der Waals surface area (Å²) in [6, 6.07) is 3.56. The minimum atomic E-state index is -0.132. The van der Waals surface area contributed by atoms with Crippen molar-refractivity contribution in [2.24, 2.45) is 0 Å². The van der Waals surface area contributed by atoms with Crippen LogP contribution in [0.2, 0.25) is 0 Å². The summed E-state index contributed by atoms with van der Waals surface area (Å²) in [5, 5.41) is 0. The van der Waals surface area contributed by atoms with E-state index in [1.54, 1.807) is 23.2 Å². The fourth-order valence-corrected chi connectivity index (χ4v) is 1.75. The van der Waals surface area contributed by atoms with Gasteiger partial charge in [0.1, 0.15) is 5.69 Å². The highest BCUT2D eigenvalue weighted by Gasteiger charge is 2.17. The van der Waals surface area contributed by atoms with Gasteiger partial charge in [-0.25, -0.2) is 4.98 Å². The molecule has 0 bridgehead atoms. The highest BCUT2D eigenvalue weighted by atomic mass is 79.9. The van der Waals surface area contributed by atoms with Gasteiger partial charge in [0.25, 0.3) is 5.91 Å². The zero-order chi connectivity index (χ0) is 12.0. The van der Waals surface area contributed by atoms with E-state index >= 15 is 0 Å². The Morgan fingerprint density at radius 1 is 1.69 bits per heavy atom. The average Bonchev–Trinajstić information content (AvgIpc) is 2.28. The number of halogens is 1. The minimum absolute atomic E-state index is 0.132. The molecule has 4 heteroatoms. The van der Waals surface area contributed by atoms with Crippen molar-refractivity contribution < 1.29 is 4.79 Å². The van der Waals surface area contributed by atoms with Crippen molar-refractivity contribution in [3.63, 3.8) is 0 Å². The Balaban J connectivity index is 2.91. The van der Waals surface area contributed by atoms with Crippen molar-refractivity contribution in [1.82, 2.24) is 9.88 Å². The van der Waals surface area contributed by atoms with Crippen molar-refractivity contribution in [3.05, 3.63) is 28.5 Å². The summed E-state index contributed by atoms with van der Waals surface area (Å²) >= 11 is 3.31. The number of carbonyl (C=O) groups excluding carboxylic acids is 1. The molecule has 1 aromatic heterocycles. The van der Waals surface area contributed by atoms with Crippen LogP contribution in [0, 0.1) is 12.3 Å². The number of aromatic nitrogens is 1. The van der Waals surface area contributed by atoms with E-state index in [0.717, 1.165) is 6.42 Å². The predicted octanol–water partition coefficient (Wildman–Crippen LogP) is 2.33. The van der Waals surface area contributed by atoms with Gasteiger partial charge in [-0.2, -0.15) is 0 Å². The maximum absolute atomic E-state index is 12.1. The first-order valence-electron chi connectivity index (χ1n) is 5.04. The minimum Gasteiger partial charge on any atom is -0.326 e. The highest BCUT2D eigenvalue weighted by molar-refractivity contribution is 9.10. The molecule has 0 radical (unpaired) electrons. The van der Waals surface area contributed by atoms with Gasteiger partial charge in [0.05, 0.1) is 6.54 Å². The molecule has 0 N–H and O–H groups in total. The second-order valence-corrected chi connectivity index (χ2v) is 4.12. The molecule has 1 aromatic rings. The van der Waals surface area contributed by atoms with Gasteiger partial charge in [0.2, 0.25) is 0 Å². The van der Waals surface area contributed by atoms with Gasteiger partial charge in [0.15, 0.2) is 0 Å². The molecule has 0 fully saturated rings. The summed E-state index contributed by atoms with van der Waals surface area (Å²) in [5.74, 6) is 2.35. The zero-order valence-electron chi connectivity index (χ0n) is 9.11. The Labute approximate surface area is 104 Å². The maximum Gasteiger partial charge on any atom is 0.274 e.